The van der Waals surface area contributed by atoms with Crippen LogP contribution < -0.4 is 10.4 Å². The van der Waals surface area contributed by atoms with Crippen LogP contribution in [0.25, 0.3) is 0 Å². The van der Waals surface area contributed by atoms with Crippen molar-refractivity contribution in [1.29, 1.82) is 0 Å². The first-order valence-corrected chi connectivity index (χ1v) is 12.8. The Morgan fingerprint density at radius 1 is 1.00 bits per heavy atom. The molecule has 1 fully saturated rings. The average Bonchev–Trinajstić information content (AvgIpc) is 2.71. The van der Waals surface area contributed by atoms with E-state index in [1.165, 1.54) is 10.4 Å². The number of ether oxygens (including phenoxy) is 1. The molecular weight excluding hydrogens is 388 g/mol. The molecule has 3 nitrogen and oxygen atoms in total. The molecule has 0 aliphatic carbocycles. The van der Waals surface area contributed by atoms with Crippen molar-refractivity contribution in [2.24, 2.45) is 0 Å². The van der Waals surface area contributed by atoms with Crippen LogP contribution in [0.2, 0.25) is 5.04 Å². The Balaban J connectivity index is 1.85. The average molecular weight is 423 g/mol. The molecule has 30 heavy (non-hydrogen) atoms. The predicted octanol–water partition coefficient (Wildman–Crippen LogP) is 4.65. The first kappa shape index (κ1) is 22.7. The molecule has 1 aliphatic rings. The van der Waals surface area contributed by atoms with Crippen LogP contribution in [0.1, 0.15) is 46.5 Å². The summed E-state index contributed by atoms with van der Waals surface area (Å²) in [5.74, 6) is 0.281. The van der Waals surface area contributed by atoms with E-state index in [1.54, 1.807) is 0 Å². The van der Waals surface area contributed by atoms with E-state index >= 15 is 0 Å². The lowest BCUT2D eigenvalue weighted by Gasteiger charge is -2.43. The van der Waals surface area contributed by atoms with E-state index in [0.29, 0.717) is 19.4 Å². The van der Waals surface area contributed by atoms with Crippen LogP contribution in [-0.2, 0) is 14.0 Å². The zero-order valence-electron chi connectivity index (χ0n) is 18.5. The molecule has 0 unspecified atom stereocenters. The summed E-state index contributed by atoms with van der Waals surface area (Å²) in [6.07, 6.45) is 4.15. The fourth-order valence-electron chi connectivity index (χ4n) is 4.56. The molecule has 0 bridgehead atoms. The van der Waals surface area contributed by atoms with E-state index in [2.05, 4.69) is 88.0 Å². The number of hydrogen-bond acceptors (Lipinski definition) is 3. The number of Topliss-reactive ketones (excluding diaryl/α,β-unsaturated/α-hetero) is 1. The van der Waals surface area contributed by atoms with Gasteiger partial charge in [0.1, 0.15) is 5.78 Å². The second-order valence-electron chi connectivity index (χ2n) is 9.15. The quantitative estimate of drug-likeness (QED) is 0.459. The number of hydrogen-bond donors (Lipinski definition) is 0. The molecule has 0 radical (unpaired) electrons. The van der Waals surface area contributed by atoms with Crippen molar-refractivity contribution >= 4 is 24.5 Å². The minimum absolute atomic E-state index is 0.0402. The van der Waals surface area contributed by atoms with Gasteiger partial charge in [-0.25, -0.2) is 0 Å². The maximum absolute atomic E-state index is 12.2. The maximum atomic E-state index is 12.2. The highest BCUT2D eigenvalue weighted by Crippen LogP contribution is 2.37. The Labute approximate surface area is 182 Å². The maximum Gasteiger partial charge on any atom is 0.261 e. The monoisotopic (exact) mass is 422 g/mol. The molecule has 0 aromatic heterocycles. The summed E-state index contributed by atoms with van der Waals surface area (Å²) >= 11 is 0. The van der Waals surface area contributed by atoms with E-state index in [0.717, 1.165) is 12.8 Å². The van der Waals surface area contributed by atoms with Crippen molar-refractivity contribution in [2.75, 3.05) is 6.61 Å². The van der Waals surface area contributed by atoms with Crippen LogP contribution in [-0.4, -0.2) is 32.9 Å². The molecule has 3 rings (SSSR count). The SMILES string of the molecule is C=CC[C@H]1CC(=O)C[C@H](CCO[Si](c2ccccc2)(c2ccccc2)C(C)(C)C)O1. The van der Waals surface area contributed by atoms with E-state index in [4.69, 9.17) is 9.16 Å². The molecule has 1 aliphatic heterocycles. The van der Waals surface area contributed by atoms with Crippen LogP contribution in [0, 0.1) is 0 Å². The minimum atomic E-state index is -2.54. The summed E-state index contributed by atoms with van der Waals surface area (Å²) in [6, 6.07) is 21.3. The molecule has 0 N–H and O–H groups in total. The zero-order chi connectivity index (χ0) is 21.6. The Morgan fingerprint density at radius 3 is 2.03 bits per heavy atom. The zero-order valence-corrected chi connectivity index (χ0v) is 19.5. The fraction of sp³-hybridized carbons (Fsp3) is 0.423. The molecule has 2 aromatic carbocycles. The molecule has 1 saturated heterocycles. The number of carbonyl (C=O) groups is 1. The molecule has 1 heterocycles. The van der Waals surface area contributed by atoms with E-state index in [-0.39, 0.29) is 23.0 Å². The minimum Gasteiger partial charge on any atom is -0.407 e. The van der Waals surface area contributed by atoms with Gasteiger partial charge >= 0.3 is 0 Å². The van der Waals surface area contributed by atoms with Gasteiger partial charge in [0.2, 0.25) is 0 Å². The lowest BCUT2D eigenvalue weighted by molar-refractivity contribution is -0.135. The van der Waals surface area contributed by atoms with Crippen LogP contribution >= 0.6 is 0 Å². The van der Waals surface area contributed by atoms with Crippen molar-refractivity contribution in [1.82, 2.24) is 0 Å². The molecule has 0 saturated carbocycles. The lowest BCUT2D eigenvalue weighted by atomic mass is 9.99. The van der Waals surface area contributed by atoms with Crippen LogP contribution in [0.5, 0.6) is 0 Å². The molecule has 0 spiro atoms. The third-order valence-electron chi connectivity index (χ3n) is 5.90. The van der Waals surface area contributed by atoms with Gasteiger partial charge < -0.3 is 9.16 Å². The topological polar surface area (TPSA) is 35.5 Å². The fourth-order valence-corrected chi connectivity index (χ4v) is 9.14. The first-order chi connectivity index (χ1) is 14.4. The van der Waals surface area contributed by atoms with E-state index < -0.39 is 8.32 Å². The smallest absolute Gasteiger partial charge is 0.261 e. The highest BCUT2D eigenvalue weighted by molar-refractivity contribution is 6.99. The largest absolute Gasteiger partial charge is 0.407 e. The number of ketones is 1. The number of benzene rings is 2. The summed E-state index contributed by atoms with van der Waals surface area (Å²) in [5, 5.41) is 2.49. The highest BCUT2D eigenvalue weighted by atomic mass is 28.4. The Morgan fingerprint density at radius 2 is 1.53 bits per heavy atom. The third-order valence-corrected chi connectivity index (χ3v) is 10.9. The summed E-state index contributed by atoms with van der Waals surface area (Å²) in [6.45, 7) is 11.2. The standard InChI is InChI=1S/C26H34O3Si/c1-5-12-22-19-21(27)20-23(29-22)17-18-28-30(26(2,3)4,24-13-8-6-9-14-24)25-15-10-7-11-16-25/h5-11,13-16,22-23H,1,12,17-20H2,2-4H3/t22-,23-/m0/s1. The molecule has 160 valence electrons. The number of carbonyl (C=O) groups excluding carboxylic acids is 1. The van der Waals surface area contributed by atoms with Gasteiger partial charge in [-0.2, -0.15) is 0 Å². The highest BCUT2D eigenvalue weighted by Gasteiger charge is 2.50. The van der Waals surface area contributed by atoms with Gasteiger partial charge in [-0.1, -0.05) is 87.5 Å². The summed E-state index contributed by atoms with van der Waals surface area (Å²) < 4.78 is 13.1. The van der Waals surface area contributed by atoms with E-state index in [1.807, 2.05) is 6.08 Å². The van der Waals surface area contributed by atoms with Crippen molar-refractivity contribution in [3.63, 3.8) is 0 Å². The van der Waals surface area contributed by atoms with Gasteiger partial charge in [-0.05, 0) is 28.3 Å². The molecular formula is C26H34O3Si. The van der Waals surface area contributed by atoms with Crippen molar-refractivity contribution in [3.8, 4) is 0 Å². The number of rotatable bonds is 8. The Bertz CT molecular complexity index is 787. The predicted molar refractivity (Wildman–Crippen MR) is 126 cm³/mol. The molecule has 2 aromatic rings. The van der Waals surface area contributed by atoms with Crippen LogP contribution in [0.3, 0.4) is 0 Å². The Kier molecular flexibility index (Phi) is 7.45. The molecule has 2 atom stereocenters. The second kappa shape index (κ2) is 9.86. The van der Waals surface area contributed by atoms with Crippen molar-refractivity contribution in [3.05, 3.63) is 73.3 Å². The summed E-state index contributed by atoms with van der Waals surface area (Å²) in [4.78, 5) is 12.2. The second-order valence-corrected chi connectivity index (χ2v) is 13.5. The lowest BCUT2D eigenvalue weighted by Crippen LogP contribution is -2.66. The summed E-state index contributed by atoms with van der Waals surface area (Å²) in [5.41, 5.74) is 0. The Hall–Kier alpha value is -2.01. The van der Waals surface area contributed by atoms with Crippen LogP contribution in [0.15, 0.2) is 73.3 Å². The van der Waals surface area contributed by atoms with Crippen molar-refractivity contribution in [2.45, 2.75) is 63.7 Å². The molecule has 4 heteroatoms. The first-order valence-electron chi connectivity index (χ1n) is 10.9. The van der Waals surface area contributed by atoms with Gasteiger partial charge in [0, 0.05) is 19.4 Å². The van der Waals surface area contributed by atoms with Gasteiger partial charge in [-0.3, -0.25) is 4.79 Å². The van der Waals surface area contributed by atoms with E-state index in [9.17, 15) is 4.79 Å². The third kappa shape index (κ3) is 5.00. The van der Waals surface area contributed by atoms with Gasteiger partial charge in [0.25, 0.3) is 8.32 Å². The molecule has 0 amide bonds. The van der Waals surface area contributed by atoms with Gasteiger partial charge in [-0.15, -0.1) is 6.58 Å². The van der Waals surface area contributed by atoms with Gasteiger partial charge in [0.05, 0.1) is 12.2 Å². The normalized spacial score (nSPS) is 20.2. The summed E-state index contributed by atoms with van der Waals surface area (Å²) in [7, 11) is -2.54. The van der Waals surface area contributed by atoms with Crippen molar-refractivity contribution < 1.29 is 14.0 Å². The van der Waals surface area contributed by atoms with Crippen LogP contribution in [0.4, 0.5) is 0 Å². The van der Waals surface area contributed by atoms with Gasteiger partial charge in [0.15, 0.2) is 0 Å².